The highest BCUT2D eigenvalue weighted by Crippen LogP contribution is 2.35. The maximum Gasteiger partial charge on any atom is 0.237 e. The Balaban J connectivity index is 1.52. The Labute approximate surface area is 194 Å². The molecule has 1 fully saturated rings. The quantitative estimate of drug-likeness (QED) is 0.402. The third-order valence-corrected chi connectivity index (χ3v) is 7.67. The first-order chi connectivity index (χ1) is 15.0. The van der Waals surface area contributed by atoms with Crippen LogP contribution >= 0.6 is 34.7 Å². The van der Waals surface area contributed by atoms with E-state index >= 15 is 0 Å². The van der Waals surface area contributed by atoms with Crippen LogP contribution in [0.3, 0.4) is 0 Å². The summed E-state index contributed by atoms with van der Waals surface area (Å²) in [6.45, 7) is 1.83. The van der Waals surface area contributed by atoms with E-state index in [4.69, 9.17) is 11.6 Å². The average molecular weight is 479 g/mol. The number of nitrogens with one attached hydrogen (secondary N) is 1. The highest BCUT2D eigenvalue weighted by atomic mass is 35.5. The maximum atomic E-state index is 13.3. The Morgan fingerprint density at radius 3 is 2.84 bits per heavy atom. The molecule has 5 nitrogen and oxygen atoms in total. The number of nitrogens with zero attached hydrogens (tertiary/aromatic N) is 3. The van der Waals surface area contributed by atoms with Crippen LogP contribution < -0.4 is 5.32 Å². The number of hydrogen-bond acceptors (Lipinski definition) is 5. The van der Waals surface area contributed by atoms with Crippen molar-refractivity contribution in [3.63, 3.8) is 0 Å². The molecule has 3 aromatic rings. The van der Waals surface area contributed by atoms with Crippen molar-refractivity contribution in [1.29, 1.82) is 0 Å². The van der Waals surface area contributed by atoms with E-state index in [0.29, 0.717) is 11.7 Å². The van der Waals surface area contributed by atoms with Gasteiger partial charge in [0.25, 0.3) is 0 Å². The van der Waals surface area contributed by atoms with Crippen molar-refractivity contribution in [3.05, 3.63) is 57.3 Å². The summed E-state index contributed by atoms with van der Waals surface area (Å²) in [6.07, 6.45) is 6.62. The van der Waals surface area contributed by atoms with E-state index in [2.05, 4.69) is 31.5 Å². The van der Waals surface area contributed by atoms with Crippen LogP contribution in [-0.4, -0.2) is 25.9 Å². The zero-order valence-electron chi connectivity index (χ0n) is 17.2. The molecule has 0 spiro atoms. The summed E-state index contributed by atoms with van der Waals surface area (Å²) in [5.41, 5.74) is 0.396. The van der Waals surface area contributed by atoms with E-state index in [0.717, 1.165) is 30.2 Å². The summed E-state index contributed by atoms with van der Waals surface area (Å²) in [5.74, 6) is 0.298. The molecule has 0 saturated heterocycles. The fourth-order valence-electron chi connectivity index (χ4n) is 3.82. The maximum absolute atomic E-state index is 13.3. The molecule has 1 saturated carbocycles. The highest BCUT2D eigenvalue weighted by molar-refractivity contribution is 8.00. The third-order valence-electron chi connectivity index (χ3n) is 5.43. The number of carbonyl (C=O) groups excluding carboxylic acids is 1. The van der Waals surface area contributed by atoms with Crippen LogP contribution in [0, 0.1) is 5.82 Å². The molecule has 1 aliphatic carbocycles. The minimum Gasteiger partial charge on any atom is -0.324 e. The van der Waals surface area contributed by atoms with Crippen LogP contribution in [0.4, 0.5) is 10.1 Å². The Bertz CT molecular complexity index is 1030. The Kier molecular flexibility index (Phi) is 7.30. The molecular formula is C22H24ClFN4OS2. The number of thiophene rings is 1. The first-order valence-corrected chi connectivity index (χ1v) is 12.5. The fourth-order valence-corrected chi connectivity index (χ4v) is 5.67. The van der Waals surface area contributed by atoms with Crippen LogP contribution in [0.15, 0.2) is 40.9 Å². The number of thioether (sulfide) groups is 1. The molecule has 0 radical (unpaired) electrons. The van der Waals surface area contributed by atoms with Gasteiger partial charge in [0.1, 0.15) is 11.6 Å². The van der Waals surface area contributed by atoms with Crippen molar-refractivity contribution < 1.29 is 9.18 Å². The van der Waals surface area contributed by atoms with Gasteiger partial charge in [-0.3, -0.25) is 4.79 Å². The molecule has 0 bridgehead atoms. The lowest BCUT2D eigenvalue weighted by Gasteiger charge is -2.26. The standard InChI is InChI=1S/C22H24ClFN4OS2/c1-14(21(29)25-19-10-9-15(24)12-18(19)23)31-22-27-26-20(13-17-8-5-11-30-17)28(22)16-6-3-2-4-7-16/h5,8-12,14,16H,2-4,6-7,13H2,1H3,(H,25,29). The second-order valence-electron chi connectivity index (χ2n) is 7.69. The molecule has 1 N–H and O–H groups in total. The molecule has 2 aromatic heterocycles. The molecule has 31 heavy (non-hydrogen) atoms. The van der Waals surface area contributed by atoms with Crippen molar-refractivity contribution in [3.8, 4) is 0 Å². The van der Waals surface area contributed by atoms with Gasteiger partial charge in [0.15, 0.2) is 5.16 Å². The first kappa shape index (κ1) is 22.3. The van der Waals surface area contributed by atoms with E-state index in [1.54, 1.807) is 11.3 Å². The molecular weight excluding hydrogens is 455 g/mol. The van der Waals surface area contributed by atoms with Gasteiger partial charge in [-0.1, -0.05) is 48.7 Å². The summed E-state index contributed by atoms with van der Waals surface area (Å²) in [6, 6.07) is 8.45. The molecule has 4 rings (SSSR count). The summed E-state index contributed by atoms with van der Waals surface area (Å²) < 4.78 is 15.5. The Morgan fingerprint density at radius 2 is 2.13 bits per heavy atom. The smallest absolute Gasteiger partial charge is 0.237 e. The van der Waals surface area contributed by atoms with Crippen LogP contribution in [0.1, 0.15) is 55.8 Å². The average Bonchev–Trinajstić information content (AvgIpc) is 3.41. The van der Waals surface area contributed by atoms with Crippen LogP contribution in [-0.2, 0) is 11.2 Å². The van der Waals surface area contributed by atoms with Crippen molar-refractivity contribution in [1.82, 2.24) is 14.8 Å². The van der Waals surface area contributed by atoms with Crippen molar-refractivity contribution in [2.75, 3.05) is 5.32 Å². The molecule has 1 atom stereocenters. The van der Waals surface area contributed by atoms with E-state index < -0.39 is 11.1 Å². The van der Waals surface area contributed by atoms with Crippen molar-refractivity contribution in [2.24, 2.45) is 0 Å². The van der Waals surface area contributed by atoms with Gasteiger partial charge in [0.05, 0.1) is 16.0 Å². The Morgan fingerprint density at radius 1 is 1.32 bits per heavy atom. The van der Waals surface area contributed by atoms with Crippen molar-refractivity contribution in [2.45, 2.75) is 61.9 Å². The van der Waals surface area contributed by atoms with Crippen LogP contribution in [0.25, 0.3) is 0 Å². The topological polar surface area (TPSA) is 59.8 Å². The van der Waals surface area contributed by atoms with E-state index in [9.17, 15) is 9.18 Å². The number of hydrogen-bond donors (Lipinski definition) is 1. The molecule has 2 heterocycles. The van der Waals surface area contributed by atoms with Gasteiger partial charge in [-0.2, -0.15) is 0 Å². The molecule has 1 unspecified atom stereocenters. The molecule has 1 amide bonds. The molecule has 1 aromatic carbocycles. The lowest BCUT2D eigenvalue weighted by Crippen LogP contribution is -2.24. The summed E-state index contributed by atoms with van der Waals surface area (Å²) in [7, 11) is 0. The minimum atomic E-state index is -0.440. The second kappa shape index (κ2) is 10.1. The molecule has 164 valence electrons. The number of aromatic nitrogens is 3. The number of halogens is 2. The largest absolute Gasteiger partial charge is 0.324 e. The van der Waals surface area contributed by atoms with E-state index in [1.165, 1.54) is 54.1 Å². The number of carbonyl (C=O) groups is 1. The number of rotatable bonds is 7. The predicted octanol–water partition coefficient (Wildman–Crippen LogP) is 6.35. The summed E-state index contributed by atoms with van der Waals surface area (Å²) in [5, 5.41) is 14.3. The summed E-state index contributed by atoms with van der Waals surface area (Å²) >= 11 is 9.16. The third kappa shape index (κ3) is 5.48. The Hall–Kier alpha value is -1.90. The number of amides is 1. The normalized spacial score (nSPS) is 15.7. The lowest BCUT2D eigenvalue weighted by atomic mass is 9.95. The second-order valence-corrected chi connectivity index (χ2v) is 10.4. The highest BCUT2D eigenvalue weighted by Gasteiger charge is 2.26. The van der Waals surface area contributed by atoms with Gasteiger partial charge >= 0.3 is 0 Å². The summed E-state index contributed by atoms with van der Waals surface area (Å²) in [4.78, 5) is 14.0. The van der Waals surface area contributed by atoms with Gasteiger partial charge in [-0.25, -0.2) is 4.39 Å². The van der Waals surface area contributed by atoms with Crippen molar-refractivity contribution >= 4 is 46.3 Å². The van der Waals surface area contributed by atoms with Gasteiger partial charge in [-0.05, 0) is 49.4 Å². The van der Waals surface area contributed by atoms with Gasteiger partial charge in [0, 0.05) is 17.3 Å². The van der Waals surface area contributed by atoms with Gasteiger partial charge < -0.3 is 9.88 Å². The molecule has 1 aliphatic rings. The monoisotopic (exact) mass is 478 g/mol. The zero-order chi connectivity index (χ0) is 21.8. The zero-order valence-corrected chi connectivity index (χ0v) is 19.6. The van der Waals surface area contributed by atoms with Gasteiger partial charge in [-0.15, -0.1) is 21.5 Å². The van der Waals surface area contributed by atoms with Gasteiger partial charge in [0.2, 0.25) is 5.91 Å². The predicted molar refractivity (Wildman–Crippen MR) is 125 cm³/mol. The first-order valence-electron chi connectivity index (χ1n) is 10.4. The SMILES string of the molecule is CC(Sc1nnc(Cc2cccs2)n1C1CCCCC1)C(=O)Nc1ccc(F)cc1Cl. The van der Waals surface area contributed by atoms with E-state index in [1.807, 2.05) is 13.0 Å². The fraction of sp³-hybridized carbons (Fsp3) is 0.409. The minimum absolute atomic E-state index is 0.175. The van der Waals surface area contributed by atoms with Crippen LogP contribution in [0.2, 0.25) is 5.02 Å². The van der Waals surface area contributed by atoms with Crippen LogP contribution in [0.5, 0.6) is 0 Å². The number of anilines is 1. The molecule has 9 heteroatoms. The lowest BCUT2D eigenvalue weighted by molar-refractivity contribution is -0.115. The van der Waals surface area contributed by atoms with E-state index in [-0.39, 0.29) is 10.9 Å². The molecule has 0 aliphatic heterocycles. The number of benzene rings is 1.